The fraction of sp³-hybridized carbons (Fsp3) is 0.462. The second-order valence-electron chi connectivity index (χ2n) is 3.76. The van der Waals surface area contributed by atoms with Gasteiger partial charge in [0.15, 0.2) is 0 Å². The van der Waals surface area contributed by atoms with Crippen molar-refractivity contribution in [3.63, 3.8) is 0 Å². The minimum atomic E-state index is -0.158. The number of nitrogens with one attached hydrogen (secondary N) is 1. The fourth-order valence-corrected chi connectivity index (χ4v) is 1.46. The number of benzene rings is 1. The molecule has 0 aliphatic carbocycles. The summed E-state index contributed by atoms with van der Waals surface area (Å²) >= 11 is 0. The van der Waals surface area contributed by atoms with E-state index in [1.165, 1.54) is 0 Å². The van der Waals surface area contributed by atoms with Gasteiger partial charge in [0.05, 0.1) is 25.7 Å². The summed E-state index contributed by atoms with van der Waals surface area (Å²) in [5, 5.41) is 11.3. The number of amides is 1. The first-order valence-electron chi connectivity index (χ1n) is 5.77. The maximum atomic E-state index is 11.8. The number of hydrogen-bond donors (Lipinski definition) is 2. The third-order valence-electron chi connectivity index (χ3n) is 2.47. The Morgan fingerprint density at radius 1 is 1.35 bits per heavy atom. The Labute approximate surface area is 102 Å². The van der Waals surface area contributed by atoms with Crippen molar-refractivity contribution in [3.05, 3.63) is 35.9 Å². The van der Waals surface area contributed by atoms with E-state index < -0.39 is 0 Å². The molecule has 2 N–H and O–H groups in total. The van der Waals surface area contributed by atoms with Crippen molar-refractivity contribution in [1.29, 1.82) is 0 Å². The third kappa shape index (κ3) is 4.97. The first-order chi connectivity index (χ1) is 8.25. The first kappa shape index (κ1) is 13.7. The summed E-state index contributed by atoms with van der Waals surface area (Å²) in [6, 6.07) is 9.64. The van der Waals surface area contributed by atoms with E-state index >= 15 is 0 Å². The Morgan fingerprint density at radius 2 is 2.06 bits per heavy atom. The number of rotatable bonds is 7. The molecule has 1 rings (SSSR count). The van der Waals surface area contributed by atoms with Crippen molar-refractivity contribution in [1.82, 2.24) is 5.32 Å². The van der Waals surface area contributed by atoms with Crippen LogP contribution >= 0.6 is 0 Å². The predicted octanol–water partition coefficient (Wildman–Crippen LogP) is 0.915. The maximum Gasteiger partial charge on any atom is 0.227 e. The summed E-state index contributed by atoms with van der Waals surface area (Å²) in [6.07, 6.45) is 0. The molecule has 0 radical (unpaired) electrons. The average Bonchev–Trinajstić information content (AvgIpc) is 2.38. The SMILES string of the molecule is CC(C(=O)NCCOCCO)c1ccccc1. The molecule has 0 saturated heterocycles. The van der Waals surface area contributed by atoms with Gasteiger partial charge in [-0.05, 0) is 12.5 Å². The highest BCUT2D eigenvalue weighted by Crippen LogP contribution is 2.13. The van der Waals surface area contributed by atoms with E-state index in [0.29, 0.717) is 19.8 Å². The zero-order valence-electron chi connectivity index (χ0n) is 10.1. The van der Waals surface area contributed by atoms with Gasteiger partial charge in [-0.3, -0.25) is 4.79 Å². The smallest absolute Gasteiger partial charge is 0.227 e. The standard InChI is InChI=1S/C13H19NO3/c1-11(12-5-3-2-4-6-12)13(16)14-7-9-17-10-8-15/h2-6,11,15H,7-10H2,1H3,(H,14,16). The maximum absolute atomic E-state index is 11.8. The molecule has 0 aliphatic heterocycles. The summed E-state index contributed by atoms with van der Waals surface area (Å²) < 4.78 is 5.05. The first-order valence-corrected chi connectivity index (χ1v) is 5.77. The van der Waals surface area contributed by atoms with Crippen LogP contribution in [0.2, 0.25) is 0 Å². The molecule has 1 aromatic carbocycles. The van der Waals surface area contributed by atoms with Crippen LogP contribution in [0.1, 0.15) is 18.4 Å². The molecule has 4 nitrogen and oxygen atoms in total. The lowest BCUT2D eigenvalue weighted by Gasteiger charge is -2.12. The number of hydrogen-bond acceptors (Lipinski definition) is 3. The van der Waals surface area contributed by atoms with Crippen molar-refractivity contribution >= 4 is 5.91 Å². The minimum absolute atomic E-state index is 0.00830. The van der Waals surface area contributed by atoms with E-state index in [1.807, 2.05) is 37.3 Å². The Bertz CT molecular complexity index is 327. The van der Waals surface area contributed by atoms with Gasteiger partial charge in [-0.1, -0.05) is 30.3 Å². The van der Waals surface area contributed by atoms with E-state index in [9.17, 15) is 4.79 Å². The van der Waals surface area contributed by atoms with Gasteiger partial charge in [0, 0.05) is 6.54 Å². The van der Waals surface area contributed by atoms with Gasteiger partial charge in [0.1, 0.15) is 0 Å². The molecule has 0 heterocycles. The highest BCUT2D eigenvalue weighted by Gasteiger charge is 2.13. The third-order valence-corrected chi connectivity index (χ3v) is 2.47. The molecule has 0 bridgehead atoms. The van der Waals surface area contributed by atoms with Crippen LogP contribution in [0.5, 0.6) is 0 Å². The van der Waals surface area contributed by atoms with Crippen LogP contribution in [0.15, 0.2) is 30.3 Å². The average molecular weight is 237 g/mol. The number of carbonyl (C=O) groups is 1. The lowest BCUT2D eigenvalue weighted by molar-refractivity contribution is -0.122. The van der Waals surface area contributed by atoms with Gasteiger partial charge < -0.3 is 15.2 Å². The van der Waals surface area contributed by atoms with Crippen LogP contribution in [0.25, 0.3) is 0 Å². The number of aliphatic hydroxyl groups is 1. The number of carbonyl (C=O) groups excluding carboxylic acids is 1. The zero-order chi connectivity index (χ0) is 12.5. The monoisotopic (exact) mass is 237 g/mol. The highest BCUT2D eigenvalue weighted by molar-refractivity contribution is 5.83. The lowest BCUT2D eigenvalue weighted by atomic mass is 10.0. The quantitative estimate of drug-likeness (QED) is 0.693. The minimum Gasteiger partial charge on any atom is -0.394 e. The summed E-state index contributed by atoms with van der Waals surface area (Å²) in [6.45, 7) is 3.08. The van der Waals surface area contributed by atoms with Crippen LogP contribution in [-0.4, -0.2) is 37.4 Å². The molecule has 94 valence electrons. The van der Waals surface area contributed by atoms with E-state index in [1.54, 1.807) is 0 Å². The fourth-order valence-electron chi connectivity index (χ4n) is 1.46. The van der Waals surface area contributed by atoms with E-state index in [2.05, 4.69) is 5.32 Å². The van der Waals surface area contributed by atoms with Gasteiger partial charge in [0.2, 0.25) is 5.91 Å². The molecular formula is C13H19NO3. The Balaban J connectivity index is 2.28. The van der Waals surface area contributed by atoms with Crippen molar-refractivity contribution in [2.45, 2.75) is 12.8 Å². The Hall–Kier alpha value is -1.39. The van der Waals surface area contributed by atoms with E-state index in [4.69, 9.17) is 9.84 Å². The van der Waals surface area contributed by atoms with Crippen LogP contribution in [0, 0.1) is 0 Å². The van der Waals surface area contributed by atoms with Crippen molar-refractivity contribution in [2.75, 3.05) is 26.4 Å². The van der Waals surface area contributed by atoms with Gasteiger partial charge in [-0.25, -0.2) is 0 Å². The molecule has 17 heavy (non-hydrogen) atoms. The Morgan fingerprint density at radius 3 is 2.71 bits per heavy atom. The van der Waals surface area contributed by atoms with Gasteiger partial charge >= 0.3 is 0 Å². The molecule has 0 aliphatic rings. The van der Waals surface area contributed by atoms with E-state index in [0.717, 1.165) is 5.56 Å². The molecule has 0 saturated carbocycles. The summed E-state index contributed by atoms with van der Waals surface area (Å²) in [5.41, 5.74) is 1.00. The van der Waals surface area contributed by atoms with Crippen LogP contribution in [0.3, 0.4) is 0 Å². The predicted molar refractivity (Wildman–Crippen MR) is 65.8 cm³/mol. The highest BCUT2D eigenvalue weighted by atomic mass is 16.5. The summed E-state index contributed by atoms with van der Waals surface area (Å²) in [5.74, 6) is -0.169. The second-order valence-corrected chi connectivity index (χ2v) is 3.76. The molecule has 4 heteroatoms. The largest absolute Gasteiger partial charge is 0.394 e. The molecule has 1 unspecified atom stereocenters. The Kier molecular flexibility index (Phi) is 6.29. The van der Waals surface area contributed by atoms with Crippen molar-refractivity contribution in [2.24, 2.45) is 0 Å². The van der Waals surface area contributed by atoms with Crippen LogP contribution in [-0.2, 0) is 9.53 Å². The summed E-state index contributed by atoms with van der Waals surface area (Å²) in [7, 11) is 0. The van der Waals surface area contributed by atoms with E-state index in [-0.39, 0.29) is 18.4 Å². The molecular weight excluding hydrogens is 218 g/mol. The molecule has 1 amide bonds. The summed E-state index contributed by atoms with van der Waals surface area (Å²) in [4.78, 5) is 11.8. The van der Waals surface area contributed by atoms with Gasteiger partial charge in [0.25, 0.3) is 0 Å². The lowest BCUT2D eigenvalue weighted by Crippen LogP contribution is -2.31. The topological polar surface area (TPSA) is 58.6 Å². The molecule has 1 atom stereocenters. The normalized spacial score (nSPS) is 12.1. The van der Waals surface area contributed by atoms with Crippen molar-refractivity contribution in [3.8, 4) is 0 Å². The van der Waals surface area contributed by atoms with Crippen LogP contribution in [0.4, 0.5) is 0 Å². The van der Waals surface area contributed by atoms with Gasteiger partial charge in [-0.2, -0.15) is 0 Å². The molecule has 0 fully saturated rings. The number of ether oxygens (including phenoxy) is 1. The van der Waals surface area contributed by atoms with Crippen molar-refractivity contribution < 1.29 is 14.6 Å². The molecule has 0 spiro atoms. The number of aliphatic hydroxyl groups excluding tert-OH is 1. The second kappa shape index (κ2) is 7.81. The zero-order valence-corrected chi connectivity index (χ0v) is 10.1. The molecule has 0 aromatic heterocycles. The van der Waals surface area contributed by atoms with Gasteiger partial charge in [-0.15, -0.1) is 0 Å². The molecule has 1 aromatic rings. The van der Waals surface area contributed by atoms with Crippen LogP contribution < -0.4 is 5.32 Å².